The molecule has 27 heavy (non-hydrogen) atoms. The smallest absolute Gasteiger partial charge is 0.217 e. The summed E-state index contributed by atoms with van der Waals surface area (Å²) in [7, 11) is -3.51. The molecule has 2 unspecified atom stereocenters. The molecule has 1 fully saturated rings. The lowest BCUT2D eigenvalue weighted by atomic mass is 9.95. The molecule has 4 N–H and O–H groups in total. The Hall–Kier alpha value is -1.65. The van der Waals surface area contributed by atoms with Crippen LogP contribution in [0.25, 0.3) is 0 Å². The van der Waals surface area contributed by atoms with Crippen LogP contribution in [0.3, 0.4) is 0 Å². The number of carbonyl (C=O) groups is 1. The average molecular weight is 417 g/mol. The number of piperidine rings is 1. The molecule has 0 bridgehead atoms. The van der Waals surface area contributed by atoms with Gasteiger partial charge in [0, 0.05) is 26.1 Å². The molecule has 0 radical (unpaired) electrons. The van der Waals surface area contributed by atoms with Crippen LogP contribution in [0.5, 0.6) is 0 Å². The Kier molecular flexibility index (Phi) is 8.06. The van der Waals surface area contributed by atoms with Gasteiger partial charge < -0.3 is 21.1 Å². The van der Waals surface area contributed by atoms with Crippen LogP contribution in [0, 0.1) is 5.92 Å². The summed E-state index contributed by atoms with van der Waals surface area (Å²) >= 11 is 1.14. The molecule has 1 aromatic rings. The van der Waals surface area contributed by atoms with Crippen molar-refractivity contribution in [3.8, 4) is 0 Å². The van der Waals surface area contributed by atoms with E-state index in [0.29, 0.717) is 25.5 Å². The van der Waals surface area contributed by atoms with Crippen LogP contribution in [0.15, 0.2) is 26.7 Å². The number of carbonyl (C=O) groups excluding carboxylic acids is 1. The minimum absolute atomic E-state index is 0.01000. The zero-order chi connectivity index (χ0) is 19.9. The number of aliphatic hydroxyl groups is 1. The Labute approximate surface area is 164 Å². The lowest BCUT2D eigenvalue weighted by Crippen LogP contribution is -2.47. The largest absolute Gasteiger partial charge is 0.390 e. The molecule has 1 aliphatic heterocycles. The van der Waals surface area contributed by atoms with Crippen molar-refractivity contribution in [1.82, 2.24) is 10.2 Å². The molecule has 152 valence electrons. The third kappa shape index (κ3) is 6.78. The van der Waals surface area contributed by atoms with Crippen molar-refractivity contribution in [2.45, 2.75) is 36.5 Å². The number of nitrogens with two attached hydrogens (primary N) is 1. The molecule has 0 aliphatic carbocycles. The van der Waals surface area contributed by atoms with Crippen LogP contribution in [0.4, 0.5) is 0 Å². The lowest BCUT2D eigenvalue weighted by molar-refractivity contribution is -0.119. The van der Waals surface area contributed by atoms with Gasteiger partial charge in [0.2, 0.25) is 5.91 Å². The number of aliphatic imine (C=N–C) groups is 1. The maximum atomic E-state index is 12.3. The number of rotatable bonds is 8. The van der Waals surface area contributed by atoms with Crippen LogP contribution in [0.2, 0.25) is 0 Å². The number of sulfone groups is 1. The van der Waals surface area contributed by atoms with Gasteiger partial charge in [-0.3, -0.25) is 9.79 Å². The SMILES string of the molecule is CCNC(=NCC(O)CS(=O)(=O)c1cccs1)N1CCCC(CC(N)=O)C1. The minimum atomic E-state index is -3.51. The van der Waals surface area contributed by atoms with E-state index in [9.17, 15) is 18.3 Å². The fourth-order valence-corrected chi connectivity index (χ4v) is 5.62. The van der Waals surface area contributed by atoms with Crippen LogP contribution >= 0.6 is 11.3 Å². The van der Waals surface area contributed by atoms with Crippen LogP contribution < -0.4 is 11.1 Å². The van der Waals surface area contributed by atoms with E-state index in [2.05, 4.69) is 10.3 Å². The van der Waals surface area contributed by atoms with E-state index in [4.69, 9.17) is 5.73 Å². The highest BCUT2D eigenvalue weighted by Crippen LogP contribution is 2.20. The quantitative estimate of drug-likeness (QED) is 0.417. The van der Waals surface area contributed by atoms with Crippen molar-refractivity contribution < 1.29 is 18.3 Å². The highest BCUT2D eigenvalue weighted by Gasteiger charge is 2.24. The zero-order valence-electron chi connectivity index (χ0n) is 15.5. The van der Waals surface area contributed by atoms with Crippen molar-refractivity contribution in [2.75, 3.05) is 31.9 Å². The Balaban J connectivity index is 1.98. The van der Waals surface area contributed by atoms with Crippen molar-refractivity contribution in [3.63, 3.8) is 0 Å². The number of likely N-dealkylation sites (tertiary alicyclic amines) is 1. The van der Waals surface area contributed by atoms with Gasteiger partial charge in [0.25, 0.3) is 0 Å². The summed E-state index contributed by atoms with van der Waals surface area (Å²) in [6.45, 7) is 4.05. The number of amides is 1. The van der Waals surface area contributed by atoms with Crippen LogP contribution in [0.1, 0.15) is 26.2 Å². The maximum Gasteiger partial charge on any atom is 0.217 e. The van der Waals surface area contributed by atoms with E-state index in [1.54, 1.807) is 11.4 Å². The molecular weight excluding hydrogens is 388 g/mol. The van der Waals surface area contributed by atoms with Gasteiger partial charge in [0.1, 0.15) is 4.21 Å². The van der Waals surface area contributed by atoms with E-state index in [1.807, 2.05) is 11.8 Å². The van der Waals surface area contributed by atoms with Gasteiger partial charge in [-0.05, 0) is 37.1 Å². The molecule has 2 atom stereocenters. The van der Waals surface area contributed by atoms with Crippen molar-refractivity contribution in [2.24, 2.45) is 16.6 Å². The number of aliphatic hydroxyl groups excluding tert-OH is 1. The number of guanidine groups is 1. The van der Waals surface area contributed by atoms with Gasteiger partial charge in [-0.1, -0.05) is 6.07 Å². The Morgan fingerprint density at radius 1 is 1.56 bits per heavy atom. The monoisotopic (exact) mass is 416 g/mol. The highest BCUT2D eigenvalue weighted by molar-refractivity contribution is 7.93. The molecule has 10 heteroatoms. The molecule has 1 amide bonds. The molecule has 0 aromatic carbocycles. The molecule has 1 aliphatic rings. The second-order valence-corrected chi connectivity index (χ2v) is 9.90. The number of nitrogens with one attached hydrogen (secondary N) is 1. The van der Waals surface area contributed by atoms with Crippen molar-refractivity contribution in [3.05, 3.63) is 17.5 Å². The number of primary amides is 1. The van der Waals surface area contributed by atoms with Gasteiger partial charge in [0.15, 0.2) is 15.8 Å². The molecule has 8 nitrogen and oxygen atoms in total. The second-order valence-electron chi connectivity index (χ2n) is 6.69. The standard InChI is InChI=1S/C17H28N4O4S2/c1-2-19-17(21-7-3-5-13(11-21)9-15(18)23)20-10-14(22)12-27(24,25)16-6-4-8-26-16/h4,6,8,13-14,22H,2-3,5,7,9-12H2,1H3,(H2,18,23)(H,19,20). The van der Waals surface area contributed by atoms with E-state index in [1.165, 1.54) is 6.07 Å². The third-order valence-corrected chi connectivity index (χ3v) is 7.59. The summed E-state index contributed by atoms with van der Waals surface area (Å²) in [5.41, 5.74) is 5.31. The average Bonchev–Trinajstić information content (AvgIpc) is 3.13. The number of hydrogen-bond acceptors (Lipinski definition) is 6. The zero-order valence-corrected chi connectivity index (χ0v) is 17.1. The number of nitrogens with zero attached hydrogens (tertiary/aromatic N) is 2. The molecule has 1 saturated heterocycles. The van der Waals surface area contributed by atoms with Gasteiger partial charge >= 0.3 is 0 Å². The minimum Gasteiger partial charge on any atom is -0.390 e. The van der Waals surface area contributed by atoms with Crippen LogP contribution in [-0.2, 0) is 14.6 Å². The molecule has 1 aromatic heterocycles. The molecular formula is C17H28N4O4S2. The van der Waals surface area contributed by atoms with E-state index >= 15 is 0 Å². The van der Waals surface area contributed by atoms with Crippen LogP contribution in [-0.4, -0.2) is 68.3 Å². The topological polar surface area (TPSA) is 125 Å². The Morgan fingerprint density at radius 2 is 2.33 bits per heavy atom. The molecule has 2 rings (SSSR count). The van der Waals surface area contributed by atoms with Crippen molar-refractivity contribution >= 4 is 33.0 Å². The first-order valence-electron chi connectivity index (χ1n) is 9.07. The third-order valence-electron chi connectivity index (χ3n) is 4.31. The highest BCUT2D eigenvalue weighted by atomic mass is 32.2. The summed E-state index contributed by atoms with van der Waals surface area (Å²) in [6, 6.07) is 3.21. The predicted octanol–water partition coefficient (Wildman–Crippen LogP) is 0.436. The molecule has 2 heterocycles. The first-order valence-corrected chi connectivity index (χ1v) is 11.6. The van der Waals surface area contributed by atoms with Gasteiger partial charge in [-0.25, -0.2) is 8.42 Å². The molecule has 0 spiro atoms. The van der Waals surface area contributed by atoms with Gasteiger partial charge in [-0.2, -0.15) is 0 Å². The summed E-state index contributed by atoms with van der Waals surface area (Å²) in [5, 5.41) is 15.0. The van der Waals surface area contributed by atoms with E-state index in [0.717, 1.165) is 30.7 Å². The van der Waals surface area contributed by atoms with Crippen molar-refractivity contribution in [1.29, 1.82) is 0 Å². The van der Waals surface area contributed by atoms with Gasteiger partial charge in [-0.15, -0.1) is 11.3 Å². The lowest BCUT2D eigenvalue weighted by Gasteiger charge is -2.34. The Bertz CT molecular complexity index is 734. The van der Waals surface area contributed by atoms with Gasteiger partial charge in [0.05, 0.1) is 18.4 Å². The number of hydrogen-bond donors (Lipinski definition) is 3. The fraction of sp³-hybridized carbons (Fsp3) is 0.647. The maximum absolute atomic E-state index is 12.3. The first-order chi connectivity index (χ1) is 12.8. The Morgan fingerprint density at radius 3 is 2.96 bits per heavy atom. The van der Waals surface area contributed by atoms with E-state index < -0.39 is 15.9 Å². The number of thiophene rings is 1. The summed E-state index contributed by atoms with van der Waals surface area (Å²) < 4.78 is 24.8. The summed E-state index contributed by atoms with van der Waals surface area (Å²) in [5.74, 6) is 0.141. The van der Waals surface area contributed by atoms with E-state index in [-0.39, 0.29) is 28.3 Å². The fourth-order valence-electron chi connectivity index (χ4n) is 3.15. The normalized spacial score (nSPS) is 19.7. The summed E-state index contributed by atoms with van der Waals surface area (Å²) in [6.07, 6.45) is 1.13. The summed E-state index contributed by atoms with van der Waals surface area (Å²) in [4.78, 5) is 17.6. The molecule has 0 saturated carbocycles. The first kappa shape index (κ1) is 21.6. The predicted molar refractivity (Wildman–Crippen MR) is 106 cm³/mol. The second kappa shape index (κ2) is 10.0.